The summed E-state index contributed by atoms with van der Waals surface area (Å²) in [6, 6.07) is 3.62. The largest absolute Gasteiger partial charge is 0.479 e. The number of amides is 4. The van der Waals surface area contributed by atoms with E-state index in [9.17, 15) is 29.1 Å². The molecule has 0 radical (unpaired) electrons. The minimum absolute atomic E-state index is 0.0599. The van der Waals surface area contributed by atoms with E-state index in [2.05, 4.69) is 27.4 Å². The second kappa shape index (κ2) is 14.7. The van der Waals surface area contributed by atoms with Crippen molar-refractivity contribution in [3.63, 3.8) is 0 Å². The maximum absolute atomic E-state index is 14.3. The molecule has 0 unspecified atom stereocenters. The average Bonchev–Trinajstić information content (AvgIpc) is 3.31. The second-order valence-electron chi connectivity index (χ2n) is 15.0. The van der Waals surface area contributed by atoms with Gasteiger partial charge in [0.2, 0.25) is 11.8 Å². The molecule has 1 aromatic carbocycles. The summed E-state index contributed by atoms with van der Waals surface area (Å²) in [7, 11) is 0. The van der Waals surface area contributed by atoms with Crippen molar-refractivity contribution in [2.45, 2.75) is 115 Å². The van der Waals surface area contributed by atoms with Gasteiger partial charge in [-0.05, 0) is 81.4 Å². The van der Waals surface area contributed by atoms with Crippen molar-refractivity contribution >= 4 is 41.3 Å². The average molecular weight is 682 g/mol. The Morgan fingerprint density at radius 1 is 1.00 bits per heavy atom. The molecule has 4 amide bonds. The maximum atomic E-state index is 14.3. The summed E-state index contributed by atoms with van der Waals surface area (Å²) >= 11 is 0. The molecule has 5 rings (SSSR count). The van der Waals surface area contributed by atoms with E-state index >= 15 is 0 Å². The van der Waals surface area contributed by atoms with Crippen LogP contribution in [0.3, 0.4) is 0 Å². The summed E-state index contributed by atoms with van der Waals surface area (Å²) in [4.78, 5) is 70.1. The number of anilines is 2. The normalized spacial score (nSPS) is 26.0. The lowest BCUT2D eigenvalue weighted by Crippen LogP contribution is -2.59. The molecule has 0 aromatic heterocycles. The van der Waals surface area contributed by atoms with Gasteiger partial charge >= 0.3 is 18.2 Å². The van der Waals surface area contributed by atoms with Crippen molar-refractivity contribution in [1.29, 1.82) is 0 Å². The van der Waals surface area contributed by atoms with Crippen molar-refractivity contribution in [1.82, 2.24) is 15.5 Å². The molecular weight excluding hydrogens is 630 g/mol. The van der Waals surface area contributed by atoms with Gasteiger partial charge in [-0.1, -0.05) is 32.9 Å². The van der Waals surface area contributed by atoms with Crippen LogP contribution in [0, 0.1) is 18.3 Å². The molecule has 5 atom stereocenters. The van der Waals surface area contributed by atoms with Crippen LogP contribution in [0.2, 0.25) is 0 Å². The number of carboxylic acid groups (broad SMARTS) is 1. The number of carboxylic acids is 1. The fourth-order valence-corrected chi connectivity index (χ4v) is 7.27. The quantitative estimate of drug-likeness (QED) is 0.255. The Hall–Kier alpha value is -4.29. The van der Waals surface area contributed by atoms with Crippen LogP contribution in [0.4, 0.5) is 21.0 Å². The van der Waals surface area contributed by atoms with E-state index in [1.165, 1.54) is 11.0 Å². The lowest BCUT2D eigenvalue weighted by molar-refractivity contribution is -0.146. The van der Waals surface area contributed by atoms with E-state index in [0.717, 1.165) is 69.3 Å². The minimum atomic E-state index is -1.52. The molecule has 2 saturated heterocycles. The highest BCUT2D eigenvalue weighted by atomic mass is 16.6. The SMILES string of the molecule is C=C[C@@H]1C[C@]1(NC(=O)[C@@H]1C[C@@H](OC(=O)Nc2cc(C)ccc2N2CCCCC2)CN1C(=O)[C@@H](NC(=O)OC1CCCC1)C(C)(C)C)C(=O)O. The molecule has 4 fully saturated rings. The lowest BCUT2D eigenvalue weighted by Gasteiger charge is -2.35. The van der Waals surface area contributed by atoms with Crippen LogP contribution in [0.25, 0.3) is 0 Å². The molecule has 268 valence electrons. The number of likely N-dealkylation sites (tertiary alicyclic amines) is 1. The van der Waals surface area contributed by atoms with Gasteiger partial charge in [0.1, 0.15) is 29.8 Å². The fourth-order valence-electron chi connectivity index (χ4n) is 7.27. The minimum Gasteiger partial charge on any atom is -0.479 e. The van der Waals surface area contributed by atoms with Crippen LogP contribution in [0.15, 0.2) is 30.9 Å². The fraction of sp³-hybridized carbons (Fsp3) is 0.639. The number of aliphatic carboxylic acids is 1. The van der Waals surface area contributed by atoms with Gasteiger partial charge in [-0.3, -0.25) is 14.9 Å². The molecule has 13 nitrogen and oxygen atoms in total. The number of nitrogens with one attached hydrogen (secondary N) is 3. The zero-order chi connectivity index (χ0) is 35.5. The molecule has 4 aliphatic rings. The third kappa shape index (κ3) is 8.30. The number of hydrogen-bond acceptors (Lipinski definition) is 8. The number of nitrogens with zero attached hydrogens (tertiary/aromatic N) is 2. The summed E-state index contributed by atoms with van der Waals surface area (Å²) in [6.07, 6.45) is 5.79. The van der Waals surface area contributed by atoms with Gasteiger partial charge in [-0.2, -0.15) is 0 Å². The number of benzene rings is 1. The van der Waals surface area contributed by atoms with Gasteiger partial charge in [-0.25, -0.2) is 14.4 Å². The molecule has 2 aliphatic heterocycles. The summed E-state index contributed by atoms with van der Waals surface area (Å²) < 4.78 is 11.4. The summed E-state index contributed by atoms with van der Waals surface area (Å²) in [6.45, 7) is 12.6. The smallest absolute Gasteiger partial charge is 0.412 e. The van der Waals surface area contributed by atoms with Crippen LogP contribution in [0.5, 0.6) is 0 Å². The Morgan fingerprint density at radius 3 is 2.29 bits per heavy atom. The van der Waals surface area contributed by atoms with E-state index in [1.54, 1.807) is 20.8 Å². The lowest BCUT2D eigenvalue weighted by atomic mass is 9.85. The molecule has 13 heteroatoms. The van der Waals surface area contributed by atoms with Gasteiger partial charge in [-0.15, -0.1) is 6.58 Å². The number of rotatable bonds is 10. The Balaban J connectivity index is 1.34. The summed E-state index contributed by atoms with van der Waals surface area (Å²) in [5.41, 5.74) is 0.158. The van der Waals surface area contributed by atoms with E-state index in [-0.39, 0.29) is 25.5 Å². The number of aryl methyl sites for hydroxylation is 1. The van der Waals surface area contributed by atoms with E-state index in [1.807, 2.05) is 25.1 Å². The number of piperidine rings is 1. The zero-order valence-electron chi connectivity index (χ0n) is 29.1. The van der Waals surface area contributed by atoms with Crippen LogP contribution < -0.4 is 20.9 Å². The van der Waals surface area contributed by atoms with Crippen molar-refractivity contribution in [3.8, 4) is 0 Å². The van der Waals surface area contributed by atoms with E-state index in [0.29, 0.717) is 5.69 Å². The van der Waals surface area contributed by atoms with E-state index in [4.69, 9.17) is 9.47 Å². The Labute approximate surface area is 288 Å². The number of ether oxygens (including phenoxy) is 2. The van der Waals surface area contributed by atoms with Gasteiger partial charge in [0.05, 0.1) is 17.9 Å². The molecule has 1 aromatic rings. The second-order valence-corrected chi connectivity index (χ2v) is 15.0. The Kier molecular flexibility index (Phi) is 10.8. The third-order valence-electron chi connectivity index (χ3n) is 10.2. The van der Waals surface area contributed by atoms with Gasteiger partial charge < -0.3 is 35.0 Å². The molecule has 2 aliphatic carbocycles. The molecule has 49 heavy (non-hydrogen) atoms. The Bertz CT molecular complexity index is 1450. The van der Waals surface area contributed by atoms with Crippen LogP contribution in [-0.4, -0.2) is 89.4 Å². The number of carbonyl (C=O) groups is 5. The van der Waals surface area contributed by atoms with Crippen molar-refractivity contribution in [2.24, 2.45) is 11.3 Å². The molecule has 2 heterocycles. The molecule has 2 saturated carbocycles. The maximum Gasteiger partial charge on any atom is 0.412 e. The first kappa shape index (κ1) is 36.0. The molecular formula is C36H51N5O8. The third-order valence-corrected chi connectivity index (χ3v) is 10.2. The van der Waals surface area contributed by atoms with Gasteiger partial charge in [0.15, 0.2) is 0 Å². The number of alkyl carbamates (subject to hydrolysis) is 1. The predicted octanol–water partition coefficient (Wildman–Crippen LogP) is 4.73. The highest BCUT2D eigenvalue weighted by molar-refractivity contribution is 5.96. The van der Waals surface area contributed by atoms with Gasteiger partial charge in [0, 0.05) is 25.4 Å². The van der Waals surface area contributed by atoms with Crippen LogP contribution in [-0.2, 0) is 23.9 Å². The first-order chi connectivity index (χ1) is 23.2. The first-order valence-electron chi connectivity index (χ1n) is 17.5. The highest BCUT2D eigenvalue weighted by Gasteiger charge is 2.61. The summed E-state index contributed by atoms with van der Waals surface area (Å²) in [5.74, 6) is -2.90. The van der Waals surface area contributed by atoms with Crippen LogP contribution >= 0.6 is 0 Å². The molecule has 0 spiro atoms. The highest BCUT2D eigenvalue weighted by Crippen LogP contribution is 2.45. The monoisotopic (exact) mass is 681 g/mol. The standard InChI is InChI=1S/C36H51N5O8/c1-6-23-20-36(23,32(44)45)39-30(42)28-19-25(49-33(46)37-26-18-22(2)14-15-27(26)40-16-10-7-11-17-40)21-41(28)31(43)29(35(3,4)5)38-34(47)48-24-12-8-9-13-24/h6,14-15,18,23-25,28-29H,1,7-13,16-17,19-21H2,2-5H3,(H,37,46)(H,38,47)(H,39,42)(H,44,45)/t23-,25-,28+,29-,36-/m1/s1. The van der Waals surface area contributed by atoms with Crippen molar-refractivity contribution < 1.29 is 38.6 Å². The predicted molar refractivity (Wildman–Crippen MR) is 183 cm³/mol. The Morgan fingerprint density at radius 2 is 1.67 bits per heavy atom. The van der Waals surface area contributed by atoms with Crippen molar-refractivity contribution in [3.05, 3.63) is 36.4 Å². The van der Waals surface area contributed by atoms with Crippen LogP contribution in [0.1, 0.15) is 84.1 Å². The first-order valence-corrected chi connectivity index (χ1v) is 17.5. The topological polar surface area (TPSA) is 167 Å². The summed E-state index contributed by atoms with van der Waals surface area (Å²) in [5, 5.41) is 18.2. The van der Waals surface area contributed by atoms with Crippen molar-refractivity contribution in [2.75, 3.05) is 29.9 Å². The zero-order valence-corrected chi connectivity index (χ0v) is 29.1. The number of hydrogen-bond donors (Lipinski definition) is 4. The number of carbonyl (C=O) groups excluding carboxylic acids is 4. The van der Waals surface area contributed by atoms with E-state index < -0.39 is 65.0 Å². The van der Waals surface area contributed by atoms with Gasteiger partial charge in [0.25, 0.3) is 0 Å². The molecule has 0 bridgehead atoms. The molecule has 4 N–H and O–H groups in total.